The largest absolute Gasteiger partial charge is 0.486 e. The van der Waals surface area contributed by atoms with Crippen molar-refractivity contribution < 1.29 is 9.47 Å². The maximum atomic E-state index is 5.92. The second-order valence-corrected chi connectivity index (χ2v) is 4.05. The second-order valence-electron chi connectivity index (χ2n) is 4.05. The van der Waals surface area contributed by atoms with Gasteiger partial charge in [0.15, 0.2) is 11.5 Å². The monoisotopic (exact) mass is 207 g/mol. The molecule has 0 aliphatic carbocycles. The van der Waals surface area contributed by atoms with Crippen LogP contribution in [0, 0.1) is 13.8 Å². The lowest BCUT2D eigenvalue weighted by atomic mass is 9.99. The standard InChI is InChI=1S/C12H17NO2/c1-7-6-10(9(3)13)12-11(8(7)2)14-4-5-15-12/h6,9H,4-5,13H2,1-3H3. The zero-order valence-corrected chi connectivity index (χ0v) is 9.46. The average Bonchev–Trinajstić information content (AvgIpc) is 2.23. The van der Waals surface area contributed by atoms with E-state index in [4.69, 9.17) is 15.2 Å². The molecular weight excluding hydrogens is 190 g/mol. The van der Waals surface area contributed by atoms with Crippen LogP contribution in [0.2, 0.25) is 0 Å². The summed E-state index contributed by atoms with van der Waals surface area (Å²) < 4.78 is 11.3. The summed E-state index contributed by atoms with van der Waals surface area (Å²) >= 11 is 0. The zero-order chi connectivity index (χ0) is 11.0. The van der Waals surface area contributed by atoms with Crippen molar-refractivity contribution in [1.29, 1.82) is 0 Å². The fourth-order valence-corrected chi connectivity index (χ4v) is 1.84. The summed E-state index contributed by atoms with van der Waals surface area (Å²) in [5, 5.41) is 0. The first kappa shape index (κ1) is 10.3. The van der Waals surface area contributed by atoms with Crippen LogP contribution < -0.4 is 15.2 Å². The van der Waals surface area contributed by atoms with E-state index >= 15 is 0 Å². The highest BCUT2D eigenvalue weighted by Gasteiger charge is 2.21. The van der Waals surface area contributed by atoms with Gasteiger partial charge in [-0.25, -0.2) is 0 Å². The van der Waals surface area contributed by atoms with E-state index in [-0.39, 0.29) is 6.04 Å². The smallest absolute Gasteiger partial charge is 0.166 e. The molecular formula is C12H17NO2. The molecule has 0 bridgehead atoms. The Morgan fingerprint density at radius 3 is 2.40 bits per heavy atom. The molecule has 0 spiro atoms. The fraction of sp³-hybridized carbons (Fsp3) is 0.500. The third kappa shape index (κ3) is 1.67. The Hall–Kier alpha value is -1.22. The molecule has 1 unspecified atom stereocenters. The molecule has 1 aliphatic heterocycles. The zero-order valence-electron chi connectivity index (χ0n) is 9.46. The van der Waals surface area contributed by atoms with Crippen LogP contribution in [0.15, 0.2) is 6.07 Å². The van der Waals surface area contributed by atoms with Crippen LogP contribution >= 0.6 is 0 Å². The molecule has 2 rings (SSSR count). The molecule has 1 aliphatic rings. The first-order valence-electron chi connectivity index (χ1n) is 5.26. The van der Waals surface area contributed by atoms with Crippen molar-refractivity contribution in [1.82, 2.24) is 0 Å². The van der Waals surface area contributed by atoms with E-state index in [2.05, 4.69) is 13.0 Å². The van der Waals surface area contributed by atoms with Crippen LogP contribution in [-0.4, -0.2) is 13.2 Å². The molecule has 1 aromatic carbocycles. The number of aryl methyl sites for hydroxylation is 1. The summed E-state index contributed by atoms with van der Waals surface area (Å²) in [6.07, 6.45) is 0. The quantitative estimate of drug-likeness (QED) is 0.767. The molecule has 0 saturated carbocycles. The number of ether oxygens (including phenoxy) is 2. The van der Waals surface area contributed by atoms with Gasteiger partial charge in [0.1, 0.15) is 13.2 Å². The van der Waals surface area contributed by atoms with Crippen molar-refractivity contribution in [3.05, 3.63) is 22.8 Å². The number of fused-ring (bicyclic) bond motifs is 1. The summed E-state index contributed by atoms with van der Waals surface area (Å²) in [5.74, 6) is 1.70. The Bertz CT molecular complexity index is 386. The van der Waals surface area contributed by atoms with Gasteiger partial charge in [0.2, 0.25) is 0 Å². The Morgan fingerprint density at radius 2 is 1.80 bits per heavy atom. The average molecular weight is 207 g/mol. The topological polar surface area (TPSA) is 44.5 Å². The molecule has 0 saturated heterocycles. The number of hydrogen-bond acceptors (Lipinski definition) is 3. The minimum absolute atomic E-state index is 0.0280. The van der Waals surface area contributed by atoms with Crippen LogP contribution in [0.5, 0.6) is 11.5 Å². The Morgan fingerprint density at radius 1 is 1.20 bits per heavy atom. The molecule has 82 valence electrons. The lowest BCUT2D eigenvalue weighted by molar-refractivity contribution is 0.168. The van der Waals surface area contributed by atoms with E-state index in [1.165, 1.54) is 5.56 Å². The molecule has 0 radical (unpaired) electrons. The van der Waals surface area contributed by atoms with Gasteiger partial charge in [-0.05, 0) is 31.9 Å². The summed E-state index contributed by atoms with van der Waals surface area (Å²) in [6.45, 7) is 7.31. The molecule has 2 N–H and O–H groups in total. The lowest BCUT2D eigenvalue weighted by Gasteiger charge is -2.25. The number of hydrogen-bond donors (Lipinski definition) is 1. The fourth-order valence-electron chi connectivity index (χ4n) is 1.84. The summed E-state index contributed by atoms with van der Waals surface area (Å²) in [4.78, 5) is 0. The molecule has 0 aromatic heterocycles. The highest BCUT2D eigenvalue weighted by Crippen LogP contribution is 2.40. The Kier molecular flexibility index (Phi) is 2.57. The molecule has 3 nitrogen and oxygen atoms in total. The van der Waals surface area contributed by atoms with Crippen LogP contribution in [0.3, 0.4) is 0 Å². The van der Waals surface area contributed by atoms with Gasteiger partial charge in [0, 0.05) is 11.6 Å². The number of nitrogens with two attached hydrogens (primary N) is 1. The molecule has 3 heteroatoms. The van der Waals surface area contributed by atoms with Crippen LogP contribution in [-0.2, 0) is 0 Å². The predicted molar refractivity (Wildman–Crippen MR) is 59.5 cm³/mol. The minimum Gasteiger partial charge on any atom is -0.486 e. The SMILES string of the molecule is Cc1cc(C(C)N)c2c(c1C)OCCO2. The second kappa shape index (κ2) is 3.74. The van der Waals surface area contributed by atoms with Gasteiger partial charge in [0.05, 0.1) is 0 Å². The van der Waals surface area contributed by atoms with Gasteiger partial charge < -0.3 is 15.2 Å². The van der Waals surface area contributed by atoms with Crippen LogP contribution in [0.25, 0.3) is 0 Å². The highest BCUT2D eigenvalue weighted by atomic mass is 16.6. The lowest BCUT2D eigenvalue weighted by Crippen LogP contribution is -2.19. The van der Waals surface area contributed by atoms with Crippen molar-refractivity contribution in [2.75, 3.05) is 13.2 Å². The van der Waals surface area contributed by atoms with Crippen molar-refractivity contribution >= 4 is 0 Å². The molecule has 0 amide bonds. The van der Waals surface area contributed by atoms with Gasteiger partial charge in [-0.3, -0.25) is 0 Å². The van der Waals surface area contributed by atoms with Crippen molar-refractivity contribution in [3.63, 3.8) is 0 Å². The normalized spacial score (nSPS) is 16.3. The molecule has 0 fully saturated rings. The molecule has 1 aromatic rings. The van der Waals surface area contributed by atoms with E-state index in [1.54, 1.807) is 0 Å². The third-order valence-corrected chi connectivity index (χ3v) is 2.84. The Labute approximate surface area is 90.2 Å². The maximum Gasteiger partial charge on any atom is 0.166 e. The Balaban J connectivity index is 2.62. The molecule has 1 atom stereocenters. The van der Waals surface area contributed by atoms with Gasteiger partial charge in [-0.15, -0.1) is 0 Å². The van der Waals surface area contributed by atoms with Gasteiger partial charge in [-0.1, -0.05) is 6.07 Å². The van der Waals surface area contributed by atoms with E-state index < -0.39 is 0 Å². The van der Waals surface area contributed by atoms with Crippen molar-refractivity contribution in [2.45, 2.75) is 26.8 Å². The van der Waals surface area contributed by atoms with Gasteiger partial charge in [-0.2, -0.15) is 0 Å². The van der Waals surface area contributed by atoms with Crippen molar-refractivity contribution in [3.8, 4) is 11.5 Å². The number of rotatable bonds is 1. The van der Waals surface area contributed by atoms with E-state index in [1.807, 2.05) is 13.8 Å². The first-order valence-corrected chi connectivity index (χ1v) is 5.26. The predicted octanol–water partition coefficient (Wildman–Crippen LogP) is 2.09. The maximum absolute atomic E-state index is 5.92. The van der Waals surface area contributed by atoms with Crippen LogP contribution in [0.1, 0.15) is 29.7 Å². The highest BCUT2D eigenvalue weighted by molar-refractivity contribution is 5.56. The van der Waals surface area contributed by atoms with Crippen molar-refractivity contribution in [2.24, 2.45) is 5.73 Å². The molecule has 15 heavy (non-hydrogen) atoms. The van der Waals surface area contributed by atoms with Crippen LogP contribution in [0.4, 0.5) is 0 Å². The third-order valence-electron chi connectivity index (χ3n) is 2.84. The summed E-state index contributed by atoms with van der Waals surface area (Å²) in [6, 6.07) is 2.06. The minimum atomic E-state index is -0.0280. The van der Waals surface area contributed by atoms with Gasteiger partial charge in [0.25, 0.3) is 0 Å². The van der Waals surface area contributed by atoms with E-state index in [0.29, 0.717) is 13.2 Å². The van der Waals surface area contributed by atoms with Gasteiger partial charge >= 0.3 is 0 Å². The van der Waals surface area contributed by atoms with E-state index in [0.717, 1.165) is 22.6 Å². The number of benzene rings is 1. The summed E-state index contributed by atoms with van der Waals surface area (Å²) in [7, 11) is 0. The molecule has 1 heterocycles. The van der Waals surface area contributed by atoms with E-state index in [9.17, 15) is 0 Å². The first-order chi connectivity index (χ1) is 7.11. The summed E-state index contributed by atoms with van der Waals surface area (Å²) in [5.41, 5.74) is 9.30.